The smallest absolute Gasteiger partial charge is 0.207 e. The Kier molecular flexibility index (Phi) is 7.79. The Morgan fingerprint density at radius 2 is 0.943 bits per heavy atom. The summed E-state index contributed by atoms with van der Waals surface area (Å²) in [4.78, 5) is 25.9. The van der Waals surface area contributed by atoms with Crippen LogP contribution in [0, 0.1) is 0 Å². The van der Waals surface area contributed by atoms with Gasteiger partial charge in [-0.2, -0.15) is 0 Å². The summed E-state index contributed by atoms with van der Waals surface area (Å²) in [6, 6.07) is 27.1. The average molecular weight is 612 g/mol. The normalized spacial score (nSPS) is 11.3. The van der Waals surface area contributed by atoms with E-state index in [9.17, 15) is 18.0 Å². The van der Waals surface area contributed by atoms with Crippen molar-refractivity contribution in [2.75, 3.05) is 0 Å². The van der Waals surface area contributed by atoms with Crippen LogP contribution in [0.2, 0.25) is 0 Å². The Hall–Kier alpha value is -2.87. The molecular formula is C28H20Br2O4S. The number of sulfone groups is 1. The van der Waals surface area contributed by atoms with E-state index in [0.717, 1.165) is 0 Å². The molecule has 0 N–H and O–H groups in total. The molecule has 0 aliphatic rings. The number of rotatable bonds is 8. The van der Waals surface area contributed by atoms with Gasteiger partial charge in [0.15, 0.2) is 11.6 Å². The van der Waals surface area contributed by atoms with Crippen LogP contribution in [-0.2, 0) is 22.7 Å². The Labute approximate surface area is 221 Å². The van der Waals surface area contributed by atoms with Crippen molar-refractivity contribution in [2.24, 2.45) is 0 Å². The molecule has 0 unspecified atom stereocenters. The maximum Gasteiger partial charge on any atom is 0.207 e. The number of benzene rings is 4. The molecule has 4 aromatic rings. The van der Waals surface area contributed by atoms with E-state index in [4.69, 9.17) is 0 Å². The van der Waals surface area contributed by atoms with E-state index in [-0.39, 0.29) is 34.2 Å². The molecular weight excluding hydrogens is 592 g/mol. The molecule has 0 atom stereocenters. The highest BCUT2D eigenvalue weighted by atomic mass is 79.9. The van der Waals surface area contributed by atoms with E-state index in [0.29, 0.717) is 31.2 Å². The van der Waals surface area contributed by atoms with Crippen LogP contribution in [0.25, 0.3) is 0 Å². The summed E-state index contributed by atoms with van der Waals surface area (Å²) in [5, 5.41) is 0. The lowest BCUT2D eigenvalue weighted by Crippen LogP contribution is -2.13. The molecule has 4 aromatic carbocycles. The van der Waals surface area contributed by atoms with Gasteiger partial charge in [-0.3, -0.25) is 9.59 Å². The molecule has 4 rings (SSSR count). The van der Waals surface area contributed by atoms with E-state index in [1.54, 1.807) is 72.8 Å². The third kappa shape index (κ3) is 5.86. The summed E-state index contributed by atoms with van der Waals surface area (Å²) in [7, 11) is -4.04. The highest BCUT2D eigenvalue weighted by molar-refractivity contribution is 9.10. The second kappa shape index (κ2) is 10.8. The molecule has 0 aliphatic carbocycles. The van der Waals surface area contributed by atoms with Gasteiger partial charge in [0.1, 0.15) is 0 Å². The first-order valence-corrected chi connectivity index (χ1v) is 13.8. The first kappa shape index (κ1) is 25.2. The fourth-order valence-corrected chi connectivity index (χ4v) is 6.31. The van der Waals surface area contributed by atoms with Gasteiger partial charge < -0.3 is 0 Å². The minimum absolute atomic E-state index is 0.0423. The number of hydrogen-bond donors (Lipinski definition) is 0. The zero-order valence-electron chi connectivity index (χ0n) is 18.4. The summed E-state index contributed by atoms with van der Waals surface area (Å²) in [5.74, 6) is -0.370. The van der Waals surface area contributed by atoms with Crippen molar-refractivity contribution in [3.05, 3.63) is 128 Å². The highest BCUT2D eigenvalue weighted by Crippen LogP contribution is 2.32. The number of carbonyl (C=O) groups is 2. The van der Waals surface area contributed by atoms with Crippen LogP contribution in [-0.4, -0.2) is 20.0 Å². The zero-order valence-corrected chi connectivity index (χ0v) is 22.4. The average Bonchev–Trinajstić information content (AvgIpc) is 2.85. The summed E-state index contributed by atoms with van der Waals surface area (Å²) < 4.78 is 29.1. The van der Waals surface area contributed by atoms with E-state index < -0.39 is 9.84 Å². The third-order valence-corrected chi connectivity index (χ3v) is 8.46. The minimum atomic E-state index is -4.04. The molecule has 0 aliphatic heterocycles. The van der Waals surface area contributed by atoms with Crippen molar-refractivity contribution in [2.45, 2.75) is 22.6 Å². The lowest BCUT2D eigenvalue weighted by molar-refractivity contribution is 0.0984. The van der Waals surface area contributed by atoms with Crippen molar-refractivity contribution < 1.29 is 18.0 Å². The molecule has 0 radical (unpaired) electrons. The van der Waals surface area contributed by atoms with Crippen molar-refractivity contribution in [3.8, 4) is 0 Å². The predicted octanol–water partition coefficient (Wildman–Crippen LogP) is 6.90. The molecule has 0 spiro atoms. The van der Waals surface area contributed by atoms with Crippen molar-refractivity contribution in [1.82, 2.24) is 0 Å². The largest absolute Gasteiger partial charge is 0.294 e. The van der Waals surface area contributed by atoms with Gasteiger partial charge in [0.25, 0.3) is 0 Å². The highest BCUT2D eigenvalue weighted by Gasteiger charge is 2.26. The molecule has 4 nitrogen and oxygen atoms in total. The zero-order chi connectivity index (χ0) is 25.0. The Morgan fingerprint density at radius 1 is 0.571 bits per heavy atom. The monoisotopic (exact) mass is 610 g/mol. The van der Waals surface area contributed by atoms with Gasteiger partial charge >= 0.3 is 0 Å². The quantitative estimate of drug-likeness (QED) is 0.203. The van der Waals surface area contributed by atoms with Gasteiger partial charge in [-0.15, -0.1) is 0 Å². The van der Waals surface area contributed by atoms with Crippen LogP contribution in [0.5, 0.6) is 0 Å². The molecule has 0 amide bonds. The fraction of sp³-hybridized carbons (Fsp3) is 0.0714. The molecule has 176 valence electrons. The summed E-state index contributed by atoms with van der Waals surface area (Å²) in [6.45, 7) is 0. The standard InChI is InChI=1S/C28H20Br2O4S/c29-23-11-13-27(21(15-23)17-25(31)19-7-3-1-4-8-19)35(33,34)28-14-12-24(30)16-22(28)18-26(32)20-9-5-2-6-10-20/h1-16H,17-18H2. The number of ketones is 2. The van der Waals surface area contributed by atoms with Crippen LogP contribution in [0.3, 0.4) is 0 Å². The lowest BCUT2D eigenvalue weighted by Gasteiger charge is -2.15. The molecule has 7 heteroatoms. The SMILES string of the molecule is O=C(Cc1cc(Br)ccc1S(=O)(=O)c1ccc(Br)cc1CC(=O)c1ccccc1)c1ccccc1. The van der Waals surface area contributed by atoms with Crippen molar-refractivity contribution in [3.63, 3.8) is 0 Å². The minimum Gasteiger partial charge on any atom is -0.294 e. The van der Waals surface area contributed by atoms with E-state index in [2.05, 4.69) is 31.9 Å². The van der Waals surface area contributed by atoms with Crippen LogP contribution < -0.4 is 0 Å². The van der Waals surface area contributed by atoms with Crippen molar-refractivity contribution in [1.29, 1.82) is 0 Å². The number of carbonyl (C=O) groups excluding carboxylic acids is 2. The van der Waals surface area contributed by atoms with Crippen LogP contribution in [0.4, 0.5) is 0 Å². The second-order valence-electron chi connectivity index (χ2n) is 7.94. The Bertz CT molecular complexity index is 1390. The van der Waals surface area contributed by atoms with Gasteiger partial charge in [-0.05, 0) is 47.5 Å². The molecule has 0 aromatic heterocycles. The van der Waals surface area contributed by atoms with Gasteiger partial charge in [-0.1, -0.05) is 92.5 Å². The second-order valence-corrected chi connectivity index (χ2v) is 11.7. The Balaban J connectivity index is 1.75. The number of halogens is 2. The van der Waals surface area contributed by atoms with Crippen LogP contribution in [0.15, 0.2) is 116 Å². The van der Waals surface area contributed by atoms with E-state index in [1.165, 1.54) is 12.1 Å². The first-order valence-electron chi connectivity index (χ1n) is 10.7. The van der Waals surface area contributed by atoms with E-state index in [1.807, 2.05) is 12.1 Å². The van der Waals surface area contributed by atoms with E-state index >= 15 is 0 Å². The van der Waals surface area contributed by atoms with Gasteiger partial charge in [0, 0.05) is 32.9 Å². The lowest BCUT2D eigenvalue weighted by atomic mass is 10.0. The molecule has 0 saturated heterocycles. The number of Topliss-reactive ketones (excluding diaryl/α,β-unsaturated/α-hetero) is 2. The van der Waals surface area contributed by atoms with Gasteiger partial charge in [0.05, 0.1) is 9.79 Å². The fourth-order valence-electron chi connectivity index (χ4n) is 3.81. The maximum atomic E-state index is 13.9. The molecule has 0 fully saturated rings. The predicted molar refractivity (Wildman–Crippen MR) is 143 cm³/mol. The molecule has 0 saturated carbocycles. The number of hydrogen-bond acceptors (Lipinski definition) is 4. The topological polar surface area (TPSA) is 68.3 Å². The first-order chi connectivity index (χ1) is 16.8. The summed E-state index contributed by atoms with van der Waals surface area (Å²) in [5.41, 5.74) is 1.79. The van der Waals surface area contributed by atoms with Crippen molar-refractivity contribution >= 4 is 53.3 Å². The molecule has 0 heterocycles. The molecule has 0 bridgehead atoms. The van der Waals surface area contributed by atoms with Crippen LogP contribution in [0.1, 0.15) is 31.8 Å². The van der Waals surface area contributed by atoms with Gasteiger partial charge in [-0.25, -0.2) is 8.42 Å². The maximum absolute atomic E-state index is 13.9. The molecule has 35 heavy (non-hydrogen) atoms. The van der Waals surface area contributed by atoms with Gasteiger partial charge in [0.2, 0.25) is 9.84 Å². The van der Waals surface area contributed by atoms with Crippen LogP contribution >= 0.6 is 31.9 Å². The summed E-state index contributed by atoms with van der Waals surface area (Å²) in [6.07, 6.45) is -0.153. The summed E-state index contributed by atoms with van der Waals surface area (Å²) >= 11 is 6.78. The third-order valence-electron chi connectivity index (χ3n) is 5.52. The Morgan fingerprint density at radius 3 is 1.31 bits per heavy atom.